The molecule has 0 bridgehead atoms. The lowest BCUT2D eigenvalue weighted by molar-refractivity contribution is -0.117. The fourth-order valence-electron chi connectivity index (χ4n) is 2.20. The van der Waals surface area contributed by atoms with Crippen molar-refractivity contribution in [1.82, 2.24) is 0 Å². The van der Waals surface area contributed by atoms with Crippen molar-refractivity contribution < 1.29 is 14.0 Å². The molecule has 1 saturated carbocycles. The predicted octanol–water partition coefficient (Wildman–Crippen LogP) is 4.48. The number of nitrogens with one attached hydrogen (secondary N) is 2. The van der Waals surface area contributed by atoms with Gasteiger partial charge in [-0.05, 0) is 60.9 Å². The molecule has 25 heavy (non-hydrogen) atoms. The van der Waals surface area contributed by atoms with Crippen molar-refractivity contribution in [3.05, 3.63) is 64.9 Å². The van der Waals surface area contributed by atoms with E-state index in [2.05, 4.69) is 10.6 Å². The fourth-order valence-corrected chi connectivity index (χ4v) is 2.39. The van der Waals surface area contributed by atoms with Crippen molar-refractivity contribution in [2.45, 2.75) is 12.8 Å². The van der Waals surface area contributed by atoms with Gasteiger partial charge in [0.25, 0.3) is 0 Å². The molecule has 0 heterocycles. The number of anilines is 2. The summed E-state index contributed by atoms with van der Waals surface area (Å²) in [4.78, 5) is 23.6. The summed E-state index contributed by atoms with van der Waals surface area (Å²) in [6.45, 7) is 0. The van der Waals surface area contributed by atoms with Gasteiger partial charge in [-0.15, -0.1) is 0 Å². The predicted molar refractivity (Wildman–Crippen MR) is 96.9 cm³/mol. The largest absolute Gasteiger partial charge is 0.326 e. The Morgan fingerprint density at radius 3 is 2.28 bits per heavy atom. The molecule has 3 rings (SSSR count). The maximum atomic E-state index is 13.1. The van der Waals surface area contributed by atoms with Crippen LogP contribution in [0.1, 0.15) is 18.4 Å². The summed E-state index contributed by atoms with van der Waals surface area (Å²) >= 11 is 5.69. The van der Waals surface area contributed by atoms with Crippen molar-refractivity contribution >= 4 is 40.9 Å². The summed E-state index contributed by atoms with van der Waals surface area (Å²) in [5, 5.41) is 5.55. The highest BCUT2D eigenvalue weighted by Gasteiger charge is 2.29. The molecule has 2 amide bonds. The van der Waals surface area contributed by atoms with Crippen LogP contribution in [-0.2, 0) is 9.59 Å². The van der Waals surface area contributed by atoms with Crippen LogP contribution in [0.5, 0.6) is 0 Å². The molecule has 2 aromatic rings. The zero-order chi connectivity index (χ0) is 17.8. The molecule has 6 heteroatoms. The van der Waals surface area contributed by atoms with E-state index in [1.54, 1.807) is 30.3 Å². The second-order valence-corrected chi connectivity index (χ2v) is 6.24. The van der Waals surface area contributed by atoms with Crippen LogP contribution >= 0.6 is 11.6 Å². The third kappa shape index (κ3) is 4.90. The van der Waals surface area contributed by atoms with Crippen LogP contribution in [-0.4, -0.2) is 11.8 Å². The first-order valence-corrected chi connectivity index (χ1v) is 8.24. The molecule has 4 nitrogen and oxygen atoms in total. The van der Waals surface area contributed by atoms with Gasteiger partial charge in [-0.2, -0.15) is 0 Å². The number of carbonyl (C=O) groups excluding carboxylic acids is 2. The monoisotopic (exact) mass is 358 g/mol. The quantitative estimate of drug-likeness (QED) is 0.774. The van der Waals surface area contributed by atoms with E-state index in [0.717, 1.165) is 12.8 Å². The molecule has 0 unspecified atom stereocenters. The van der Waals surface area contributed by atoms with E-state index in [1.807, 2.05) is 0 Å². The lowest BCUT2D eigenvalue weighted by Gasteiger charge is -2.06. The summed E-state index contributed by atoms with van der Waals surface area (Å²) in [5.74, 6) is -0.644. The fraction of sp³-hybridized carbons (Fsp3) is 0.158. The summed E-state index contributed by atoms with van der Waals surface area (Å²) in [6, 6.07) is 11.1. The van der Waals surface area contributed by atoms with Crippen LogP contribution in [0.3, 0.4) is 0 Å². The van der Waals surface area contributed by atoms with Gasteiger partial charge in [0.1, 0.15) is 5.82 Å². The standard InChI is InChI=1S/C19H16ClFN2O2/c20-16-11-12(1-9-17(16)21)2-10-18(24)22-14-5-7-15(8-6-14)23-19(25)13-3-4-13/h1-2,5-11,13H,3-4H2,(H,22,24)(H,23,25)/b10-2+. The first-order valence-electron chi connectivity index (χ1n) is 7.86. The molecule has 0 aromatic heterocycles. The normalized spacial score (nSPS) is 13.7. The van der Waals surface area contributed by atoms with Crippen LogP contribution in [0.15, 0.2) is 48.5 Å². The Hall–Kier alpha value is -2.66. The van der Waals surface area contributed by atoms with Gasteiger partial charge in [0.15, 0.2) is 0 Å². The molecule has 1 aliphatic carbocycles. The Bertz CT molecular complexity index is 830. The first-order chi connectivity index (χ1) is 12.0. The van der Waals surface area contributed by atoms with Crippen molar-refractivity contribution in [2.75, 3.05) is 10.6 Å². The Morgan fingerprint density at radius 2 is 1.68 bits per heavy atom. The Morgan fingerprint density at radius 1 is 1.04 bits per heavy atom. The summed E-state index contributed by atoms with van der Waals surface area (Å²) < 4.78 is 13.1. The number of rotatable bonds is 5. The van der Waals surface area contributed by atoms with E-state index in [0.29, 0.717) is 16.9 Å². The third-order valence-corrected chi connectivity index (χ3v) is 4.03. The SMILES string of the molecule is O=C(/C=C/c1ccc(F)c(Cl)c1)Nc1ccc(NC(=O)C2CC2)cc1. The van der Waals surface area contributed by atoms with Crippen LogP contribution < -0.4 is 10.6 Å². The Kier molecular flexibility index (Phi) is 5.14. The summed E-state index contributed by atoms with van der Waals surface area (Å²) in [6.07, 6.45) is 4.79. The molecule has 0 aliphatic heterocycles. The van der Waals surface area contributed by atoms with Crippen molar-refractivity contribution in [1.29, 1.82) is 0 Å². The van der Waals surface area contributed by atoms with Gasteiger partial charge in [-0.1, -0.05) is 17.7 Å². The molecule has 2 aromatic carbocycles. The number of hydrogen-bond acceptors (Lipinski definition) is 2. The van der Waals surface area contributed by atoms with E-state index in [9.17, 15) is 14.0 Å². The summed E-state index contributed by atoms with van der Waals surface area (Å²) in [7, 11) is 0. The van der Waals surface area contributed by atoms with Crippen LogP contribution in [0, 0.1) is 11.7 Å². The van der Waals surface area contributed by atoms with Crippen molar-refractivity contribution in [2.24, 2.45) is 5.92 Å². The molecule has 2 N–H and O–H groups in total. The minimum atomic E-state index is -0.503. The number of halogens is 2. The molecule has 0 atom stereocenters. The molecule has 0 saturated heterocycles. The van der Waals surface area contributed by atoms with Crippen LogP contribution in [0.2, 0.25) is 5.02 Å². The van der Waals surface area contributed by atoms with E-state index in [4.69, 9.17) is 11.6 Å². The Balaban J connectivity index is 1.55. The van der Waals surface area contributed by atoms with Gasteiger partial charge in [0.2, 0.25) is 11.8 Å². The van der Waals surface area contributed by atoms with Gasteiger partial charge in [0.05, 0.1) is 5.02 Å². The highest BCUT2D eigenvalue weighted by Crippen LogP contribution is 2.30. The smallest absolute Gasteiger partial charge is 0.248 e. The lowest BCUT2D eigenvalue weighted by atomic mass is 10.2. The van der Waals surface area contributed by atoms with E-state index < -0.39 is 5.82 Å². The molecule has 0 spiro atoms. The van der Waals surface area contributed by atoms with E-state index in [1.165, 1.54) is 24.3 Å². The molecular weight excluding hydrogens is 343 g/mol. The first kappa shape index (κ1) is 17.2. The number of hydrogen-bond donors (Lipinski definition) is 2. The zero-order valence-corrected chi connectivity index (χ0v) is 14.0. The number of benzene rings is 2. The minimum absolute atomic E-state index is 0.00592. The van der Waals surface area contributed by atoms with Crippen LogP contribution in [0.25, 0.3) is 6.08 Å². The van der Waals surface area contributed by atoms with Gasteiger partial charge in [0, 0.05) is 23.4 Å². The maximum Gasteiger partial charge on any atom is 0.248 e. The number of carbonyl (C=O) groups is 2. The molecule has 128 valence electrons. The van der Waals surface area contributed by atoms with Gasteiger partial charge < -0.3 is 10.6 Å². The number of amides is 2. The minimum Gasteiger partial charge on any atom is -0.326 e. The van der Waals surface area contributed by atoms with Crippen LogP contribution in [0.4, 0.5) is 15.8 Å². The average molecular weight is 359 g/mol. The zero-order valence-electron chi connectivity index (χ0n) is 13.3. The summed E-state index contributed by atoms with van der Waals surface area (Å²) in [5.41, 5.74) is 1.93. The molecule has 1 aliphatic rings. The molecule has 1 fully saturated rings. The third-order valence-electron chi connectivity index (χ3n) is 3.74. The van der Waals surface area contributed by atoms with Gasteiger partial charge in [-0.3, -0.25) is 9.59 Å². The van der Waals surface area contributed by atoms with Gasteiger partial charge in [-0.25, -0.2) is 4.39 Å². The highest BCUT2D eigenvalue weighted by molar-refractivity contribution is 6.30. The maximum absolute atomic E-state index is 13.1. The Labute approximate surface area is 149 Å². The van der Waals surface area contributed by atoms with Crippen molar-refractivity contribution in [3.8, 4) is 0 Å². The highest BCUT2D eigenvalue weighted by atomic mass is 35.5. The average Bonchev–Trinajstić information content (AvgIpc) is 3.43. The van der Waals surface area contributed by atoms with Gasteiger partial charge >= 0.3 is 0 Å². The molecular formula is C19H16ClFN2O2. The van der Waals surface area contributed by atoms with Crippen molar-refractivity contribution in [3.63, 3.8) is 0 Å². The molecule has 0 radical (unpaired) electrons. The lowest BCUT2D eigenvalue weighted by Crippen LogP contribution is -2.13. The van der Waals surface area contributed by atoms with E-state index in [-0.39, 0.29) is 22.8 Å². The second kappa shape index (κ2) is 7.49. The van der Waals surface area contributed by atoms with E-state index >= 15 is 0 Å². The second-order valence-electron chi connectivity index (χ2n) is 5.84. The topological polar surface area (TPSA) is 58.2 Å².